The molecule has 0 spiro atoms. The highest BCUT2D eigenvalue weighted by atomic mass is 16.5. The molecular weight excluding hydrogens is 460 g/mol. The number of hydrogen-bond donors (Lipinski definition) is 3. The summed E-state index contributed by atoms with van der Waals surface area (Å²) in [6, 6.07) is 17.9. The molecule has 0 unspecified atom stereocenters. The van der Waals surface area contributed by atoms with Crippen LogP contribution in [0.25, 0.3) is 22.8 Å². The van der Waals surface area contributed by atoms with Crippen molar-refractivity contribution >= 4 is 11.9 Å². The molecule has 4 aromatic rings. The van der Waals surface area contributed by atoms with Crippen LogP contribution in [0.5, 0.6) is 0 Å². The lowest BCUT2D eigenvalue weighted by atomic mass is 9.98. The number of benzene rings is 1. The van der Waals surface area contributed by atoms with E-state index in [1.54, 1.807) is 38.4 Å². The lowest BCUT2D eigenvalue weighted by molar-refractivity contribution is -0.144. The number of aliphatic hydroxyl groups excluding tert-OH is 1. The zero-order chi connectivity index (χ0) is 25.3. The van der Waals surface area contributed by atoms with Crippen LogP contribution in [0.1, 0.15) is 30.7 Å². The molecule has 1 fully saturated rings. The van der Waals surface area contributed by atoms with Gasteiger partial charge in [0, 0.05) is 32.3 Å². The fourth-order valence-corrected chi connectivity index (χ4v) is 4.25. The quantitative estimate of drug-likeness (QED) is 0.360. The summed E-state index contributed by atoms with van der Waals surface area (Å²) in [5, 5.41) is 28.4. The fraction of sp³-hybridized carbons (Fsp3) is 0.269. The molecule has 0 aliphatic carbocycles. The number of anilines is 1. The van der Waals surface area contributed by atoms with E-state index in [1.807, 2.05) is 42.5 Å². The average Bonchev–Trinajstić information content (AvgIpc) is 3.50. The maximum absolute atomic E-state index is 12.4. The van der Waals surface area contributed by atoms with E-state index in [0.29, 0.717) is 35.3 Å². The standard InChI is InChI=1S/C26H26N6O4/c1-16(33)23(17-7-4-3-5-8-17)30-25-27-13-11-20(29-25)18-9-6-10-19(28-18)21-15-22(36-31-21)26(35)12-14-32(2)24(26)34/h3-11,13,15-16,23,33,35H,12,14H2,1-2H3,(H,27,29,30)/t16-,23+,26+/m0/s1. The Hall–Kier alpha value is -4.15. The van der Waals surface area contributed by atoms with Crippen molar-refractivity contribution in [1.82, 2.24) is 25.0 Å². The summed E-state index contributed by atoms with van der Waals surface area (Å²) in [5.41, 5.74) is 1.24. The van der Waals surface area contributed by atoms with Crippen LogP contribution >= 0.6 is 0 Å². The summed E-state index contributed by atoms with van der Waals surface area (Å²) in [6.07, 6.45) is 1.18. The number of pyridine rings is 1. The number of nitrogens with one attached hydrogen (secondary N) is 1. The van der Waals surface area contributed by atoms with Crippen LogP contribution in [-0.4, -0.2) is 60.8 Å². The van der Waals surface area contributed by atoms with Crippen LogP contribution in [0.4, 0.5) is 5.95 Å². The van der Waals surface area contributed by atoms with Crippen LogP contribution in [-0.2, 0) is 10.4 Å². The van der Waals surface area contributed by atoms with Gasteiger partial charge in [0.1, 0.15) is 5.69 Å². The first kappa shape index (κ1) is 23.6. The third kappa shape index (κ3) is 4.43. The fourth-order valence-electron chi connectivity index (χ4n) is 4.25. The van der Waals surface area contributed by atoms with Crippen molar-refractivity contribution in [3.63, 3.8) is 0 Å². The van der Waals surface area contributed by atoms with Crippen molar-refractivity contribution in [3.05, 3.63) is 78.2 Å². The number of hydrogen-bond acceptors (Lipinski definition) is 9. The second-order valence-electron chi connectivity index (χ2n) is 8.86. The topological polar surface area (TPSA) is 138 Å². The van der Waals surface area contributed by atoms with Gasteiger partial charge in [-0.05, 0) is 30.7 Å². The minimum Gasteiger partial charge on any atom is -0.391 e. The molecule has 1 aliphatic heterocycles. The number of rotatable bonds is 7. The van der Waals surface area contributed by atoms with Crippen molar-refractivity contribution in [2.75, 3.05) is 18.9 Å². The maximum Gasteiger partial charge on any atom is 0.262 e. The highest BCUT2D eigenvalue weighted by Crippen LogP contribution is 2.34. The van der Waals surface area contributed by atoms with Gasteiger partial charge in [0.15, 0.2) is 5.76 Å². The summed E-state index contributed by atoms with van der Waals surface area (Å²) < 4.78 is 5.35. The van der Waals surface area contributed by atoms with Crippen LogP contribution in [0, 0.1) is 0 Å². The molecule has 184 valence electrons. The van der Waals surface area contributed by atoms with Gasteiger partial charge < -0.3 is 25.0 Å². The molecule has 1 amide bonds. The predicted molar refractivity (Wildman–Crippen MR) is 131 cm³/mol. The van der Waals surface area contributed by atoms with E-state index >= 15 is 0 Å². The van der Waals surface area contributed by atoms with E-state index < -0.39 is 23.7 Å². The number of nitrogens with zero attached hydrogens (tertiary/aromatic N) is 5. The van der Waals surface area contributed by atoms with Crippen molar-refractivity contribution in [1.29, 1.82) is 0 Å². The molecule has 3 atom stereocenters. The van der Waals surface area contributed by atoms with E-state index in [1.165, 1.54) is 4.90 Å². The molecule has 4 heterocycles. The zero-order valence-corrected chi connectivity index (χ0v) is 19.9. The van der Waals surface area contributed by atoms with Gasteiger partial charge in [0.05, 0.1) is 29.2 Å². The van der Waals surface area contributed by atoms with Crippen molar-refractivity contribution in [2.24, 2.45) is 0 Å². The molecule has 10 heteroatoms. The molecule has 1 saturated heterocycles. The Kier molecular flexibility index (Phi) is 6.21. The van der Waals surface area contributed by atoms with Crippen LogP contribution in [0.2, 0.25) is 0 Å². The summed E-state index contributed by atoms with van der Waals surface area (Å²) in [6.45, 7) is 2.14. The lowest BCUT2D eigenvalue weighted by Gasteiger charge is -2.22. The minimum absolute atomic E-state index is 0.0950. The predicted octanol–water partition coefficient (Wildman–Crippen LogP) is 2.78. The third-order valence-electron chi connectivity index (χ3n) is 6.28. The average molecular weight is 487 g/mol. The van der Waals surface area contributed by atoms with Gasteiger partial charge in [0.2, 0.25) is 11.5 Å². The maximum atomic E-state index is 12.4. The van der Waals surface area contributed by atoms with Crippen LogP contribution < -0.4 is 5.32 Å². The molecule has 10 nitrogen and oxygen atoms in total. The van der Waals surface area contributed by atoms with Crippen molar-refractivity contribution in [3.8, 4) is 22.8 Å². The van der Waals surface area contributed by atoms with Gasteiger partial charge in [-0.1, -0.05) is 41.6 Å². The van der Waals surface area contributed by atoms with Crippen molar-refractivity contribution < 1.29 is 19.5 Å². The number of likely N-dealkylation sites (N-methyl/N-ethyl adjacent to an activating group) is 1. The Morgan fingerprint density at radius 3 is 2.44 bits per heavy atom. The molecule has 0 bridgehead atoms. The minimum atomic E-state index is -1.72. The normalized spacial score (nSPS) is 19.3. The molecule has 3 N–H and O–H groups in total. The van der Waals surface area contributed by atoms with Gasteiger partial charge >= 0.3 is 0 Å². The lowest BCUT2D eigenvalue weighted by Crippen LogP contribution is -2.35. The van der Waals surface area contributed by atoms with Gasteiger partial charge in [-0.3, -0.25) is 4.79 Å². The molecule has 1 aliphatic rings. The van der Waals surface area contributed by atoms with Gasteiger partial charge in [-0.15, -0.1) is 0 Å². The summed E-state index contributed by atoms with van der Waals surface area (Å²) in [4.78, 5) is 27.4. The molecule has 3 aromatic heterocycles. The third-order valence-corrected chi connectivity index (χ3v) is 6.28. The Morgan fingerprint density at radius 1 is 1.03 bits per heavy atom. The highest BCUT2D eigenvalue weighted by Gasteiger charge is 2.48. The molecule has 0 saturated carbocycles. The Morgan fingerprint density at radius 2 is 1.75 bits per heavy atom. The first-order chi connectivity index (χ1) is 17.3. The number of aliphatic hydroxyl groups is 2. The zero-order valence-electron chi connectivity index (χ0n) is 19.9. The van der Waals surface area contributed by atoms with Gasteiger partial charge in [0.25, 0.3) is 5.91 Å². The molecule has 0 radical (unpaired) electrons. The summed E-state index contributed by atoms with van der Waals surface area (Å²) in [5.74, 6) is 0.0286. The Bertz CT molecular complexity index is 1380. The monoisotopic (exact) mass is 486 g/mol. The molecule has 1 aromatic carbocycles. The number of amides is 1. The summed E-state index contributed by atoms with van der Waals surface area (Å²) >= 11 is 0. The summed E-state index contributed by atoms with van der Waals surface area (Å²) in [7, 11) is 1.64. The second kappa shape index (κ2) is 9.48. The van der Waals surface area contributed by atoms with E-state index in [2.05, 4.69) is 25.4 Å². The van der Waals surface area contributed by atoms with Crippen LogP contribution in [0.3, 0.4) is 0 Å². The molecular formula is C26H26N6O4. The van der Waals surface area contributed by atoms with E-state index in [-0.39, 0.29) is 12.2 Å². The molecule has 5 rings (SSSR count). The van der Waals surface area contributed by atoms with Gasteiger partial charge in [-0.25, -0.2) is 15.0 Å². The highest BCUT2D eigenvalue weighted by molar-refractivity contribution is 5.87. The van der Waals surface area contributed by atoms with Crippen molar-refractivity contribution in [2.45, 2.75) is 31.1 Å². The largest absolute Gasteiger partial charge is 0.391 e. The first-order valence-electron chi connectivity index (χ1n) is 11.6. The Labute approximate surface area is 207 Å². The number of carbonyl (C=O) groups is 1. The van der Waals surface area contributed by atoms with Crippen LogP contribution in [0.15, 0.2) is 71.4 Å². The molecule has 36 heavy (non-hydrogen) atoms. The first-order valence-corrected chi connectivity index (χ1v) is 11.6. The smallest absolute Gasteiger partial charge is 0.262 e. The number of likely N-dealkylation sites (tertiary alicyclic amines) is 1. The number of carbonyl (C=O) groups excluding carboxylic acids is 1. The SMILES string of the molecule is C[C@H](O)[C@@H](Nc1nccc(-c2cccc(-c3cc([C@]4(O)CCN(C)C4=O)on3)n2)n1)c1ccccc1. The number of aromatic nitrogens is 4. The van der Waals surface area contributed by atoms with E-state index in [9.17, 15) is 15.0 Å². The van der Waals surface area contributed by atoms with E-state index in [4.69, 9.17) is 4.52 Å². The second-order valence-corrected chi connectivity index (χ2v) is 8.86. The van der Waals surface area contributed by atoms with Gasteiger partial charge in [-0.2, -0.15) is 0 Å². The Balaban J connectivity index is 1.40. The van der Waals surface area contributed by atoms with E-state index in [0.717, 1.165) is 5.56 Å².